The summed E-state index contributed by atoms with van der Waals surface area (Å²) in [6.45, 7) is 0. The number of benzene rings is 1. The maximum absolute atomic E-state index is 8.76. The topological polar surface area (TPSA) is 36.7 Å². The molecule has 0 N–H and O–H groups in total. The first-order valence-electron chi connectivity index (χ1n) is 3.87. The largest absolute Gasteiger partial charge is 0.233 e. The standard InChI is InChI=1S/C10H4BrClN2/c11-8-3-1-2-6-4-7(5-13)10(12)14-9(6)8/h1-4H. The number of halogens is 2. The van der Waals surface area contributed by atoms with Gasteiger partial charge in [0, 0.05) is 9.86 Å². The molecule has 2 nitrogen and oxygen atoms in total. The predicted octanol–water partition coefficient (Wildman–Crippen LogP) is 3.52. The number of nitriles is 1. The Labute approximate surface area is 94.3 Å². The molecule has 1 aromatic carbocycles. The summed E-state index contributed by atoms with van der Waals surface area (Å²) < 4.78 is 0.876. The van der Waals surface area contributed by atoms with Crippen LogP contribution in [0.25, 0.3) is 10.9 Å². The third kappa shape index (κ3) is 1.47. The number of para-hydroxylation sites is 1. The van der Waals surface area contributed by atoms with E-state index in [1.54, 1.807) is 6.07 Å². The molecule has 68 valence electrons. The van der Waals surface area contributed by atoms with Gasteiger partial charge in [0.25, 0.3) is 0 Å². The summed E-state index contributed by atoms with van der Waals surface area (Å²) in [6.07, 6.45) is 0. The van der Waals surface area contributed by atoms with E-state index in [1.165, 1.54) is 0 Å². The van der Waals surface area contributed by atoms with Crippen molar-refractivity contribution in [1.29, 1.82) is 5.26 Å². The zero-order chi connectivity index (χ0) is 10.1. The Hall–Kier alpha value is -1.11. The molecule has 0 spiro atoms. The van der Waals surface area contributed by atoms with E-state index in [9.17, 15) is 0 Å². The molecule has 0 aliphatic rings. The molecule has 0 aliphatic heterocycles. The molecular weight excluding hydrogens is 263 g/mol. The second kappa shape index (κ2) is 3.56. The van der Waals surface area contributed by atoms with E-state index in [2.05, 4.69) is 20.9 Å². The molecule has 0 atom stereocenters. The van der Waals surface area contributed by atoms with Crippen molar-refractivity contribution >= 4 is 38.4 Å². The normalized spacial score (nSPS) is 10.1. The molecule has 0 fully saturated rings. The van der Waals surface area contributed by atoms with Crippen LogP contribution in [0.15, 0.2) is 28.7 Å². The molecule has 0 amide bonds. The maximum atomic E-state index is 8.76. The Kier molecular flexibility index (Phi) is 2.40. The molecule has 0 saturated heterocycles. The first kappa shape index (κ1) is 9.45. The minimum Gasteiger partial charge on any atom is -0.233 e. The lowest BCUT2D eigenvalue weighted by molar-refractivity contribution is 1.36. The molecule has 4 heteroatoms. The molecule has 1 heterocycles. The molecular formula is C10H4BrClN2. The van der Waals surface area contributed by atoms with E-state index < -0.39 is 0 Å². The van der Waals surface area contributed by atoms with E-state index in [0.717, 1.165) is 15.4 Å². The van der Waals surface area contributed by atoms with Gasteiger partial charge in [-0.3, -0.25) is 0 Å². The Balaban J connectivity index is 2.88. The average Bonchev–Trinajstić information content (AvgIpc) is 2.19. The lowest BCUT2D eigenvalue weighted by Crippen LogP contribution is -1.85. The minimum atomic E-state index is 0.243. The van der Waals surface area contributed by atoms with Gasteiger partial charge in [-0.05, 0) is 28.1 Å². The van der Waals surface area contributed by atoms with E-state index in [1.807, 2.05) is 24.3 Å². The Morgan fingerprint density at radius 1 is 1.43 bits per heavy atom. The van der Waals surface area contributed by atoms with Crippen LogP contribution in [0.5, 0.6) is 0 Å². The van der Waals surface area contributed by atoms with Crippen LogP contribution in [0.4, 0.5) is 0 Å². The van der Waals surface area contributed by atoms with Crippen LogP contribution in [-0.4, -0.2) is 4.98 Å². The molecule has 0 aliphatic carbocycles. The van der Waals surface area contributed by atoms with E-state index in [-0.39, 0.29) is 5.15 Å². The Morgan fingerprint density at radius 2 is 2.21 bits per heavy atom. The first-order valence-corrected chi connectivity index (χ1v) is 5.04. The van der Waals surface area contributed by atoms with Crippen molar-refractivity contribution in [2.24, 2.45) is 0 Å². The highest BCUT2D eigenvalue weighted by atomic mass is 79.9. The fraction of sp³-hybridized carbons (Fsp3) is 0. The smallest absolute Gasteiger partial charge is 0.147 e. The second-order valence-corrected chi connectivity index (χ2v) is 3.96. The summed E-state index contributed by atoms with van der Waals surface area (Å²) >= 11 is 9.19. The summed E-state index contributed by atoms with van der Waals surface area (Å²) in [5.41, 5.74) is 1.17. The summed E-state index contributed by atoms with van der Waals surface area (Å²) in [7, 11) is 0. The van der Waals surface area contributed by atoms with Crippen molar-refractivity contribution in [3.63, 3.8) is 0 Å². The van der Waals surface area contributed by atoms with Crippen LogP contribution in [0, 0.1) is 11.3 Å². The van der Waals surface area contributed by atoms with Crippen LogP contribution in [0.3, 0.4) is 0 Å². The number of aromatic nitrogens is 1. The monoisotopic (exact) mass is 266 g/mol. The average molecular weight is 268 g/mol. The molecule has 2 rings (SSSR count). The third-order valence-corrected chi connectivity index (χ3v) is 2.80. The molecule has 0 bridgehead atoms. The molecule has 0 unspecified atom stereocenters. The van der Waals surface area contributed by atoms with Gasteiger partial charge in [0.2, 0.25) is 0 Å². The van der Waals surface area contributed by atoms with Gasteiger partial charge < -0.3 is 0 Å². The summed E-state index contributed by atoms with van der Waals surface area (Å²) in [5, 5.41) is 9.91. The third-order valence-electron chi connectivity index (χ3n) is 1.87. The van der Waals surface area contributed by atoms with Crippen LogP contribution in [0.2, 0.25) is 5.15 Å². The Bertz CT molecular complexity index is 546. The van der Waals surface area contributed by atoms with Gasteiger partial charge in [-0.2, -0.15) is 5.26 Å². The highest BCUT2D eigenvalue weighted by Gasteiger charge is 2.05. The second-order valence-electron chi connectivity index (χ2n) is 2.75. The Morgan fingerprint density at radius 3 is 2.93 bits per heavy atom. The van der Waals surface area contributed by atoms with Crippen LogP contribution >= 0.6 is 27.5 Å². The van der Waals surface area contributed by atoms with Crippen molar-refractivity contribution in [1.82, 2.24) is 4.98 Å². The van der Waals surface area contributed by atoms with Crippen LogP contribution in [-0.2, 0) is 0 Å². The zero-order valence-electron chi connectivity index (χ0n) is 6.96. The van der Waals surface area contributed by atoms with Crippen LogP contribution < -0.4 is 0 Å². The molecule has 0 saturated carbocycles. The molecule has 0 radical (unpaired) electrons. The molecule has 14 heavy (non-hydrogen) atoms. The zero-order valence-corrected chi connectivity index (χ0v) is 9.30. The van der Waals surface area contributed by atoms with Crippen LogP contribution in [0.1, 0.15) is 5.56 Å². The summed E-state index contributed by atoms with van der Waals surface area (Å²) in [6, 6.07) is 9.40. The quantitative estimate of drug-likeness (QED) is 0.685. The fourth-order valence-corrected chi connectivity index (χ4v) is 1.87. The fourth-order valence-electron chi connectivity index (χ4n) is 1.22. The van der Waals surface area contributed by atoms with Gasteiger partial charge in [-0.1, -0.05) is 23.7 Å². The van der Waals surface area contributed by atoms with Crippen molar-refractivity contribution in [2.75, 3.05) is 0 Å². The lowest BCUT2D eigenvalue weighted by atomic mass is 10.2. The van der Waals surface area contributed by atoms with Gasteiger partial charge in [0.15, 0.2) is 0 Å². The molecule has 1 aromatic heterocycles. The van der Waals surface area contributed by atoms with Crippen molar-refractivity contribution in [3.8, 4) is 6.07 Å². The van der Waals surface area contributed by atoms with Crippen molar-refractivity contribution < 1.29 is 0 Å². The number of pyridine rings is 1. The number of fused-ring (bicyclic) bond motifs is 1. The lowest BCUT2D eigenvalue weighted by Gasteiger charge is -2.01. The van der Waals surface area contributed by atoms with Crippen molar-refractivity contribution in [2.45, 2.75) is 0 Å². The highest BCUT2D eigenvalue weighted by Crippen LogP contribution is 2.25. The number of hydrogen-bond donors (Lipinski definition) is 0. The van der Waals surface area contributed by atoms with Gasteiger partial charge >= 0.3 is 0 Å². The van der Waals surface area contributed by atoms with Crippen molar-refractivity contribution in [3.05, 3.63) is 39.5 Å². The van der Waals surface area contributed by atoms with E-state index >= 15 is 0 Å². The molecule has 2 aromatic rings. The first-order chi connectivity index (χ1) is 6.72. The van der Waals surface area contributed by atoms with Gasteiger partial charge in [-0.15, -0.1) is 0 Å². The predicted molar refractivity (Wildman–Crippen MR) is 59.2 cm³/mol. The van der Waals surface area contributed by atoms with Gasteiger partial charge in [0.1, 0.15) is 11.2 Å². The maximum Gasteiger partial charge on any atom is 0.147 e. The van der Waals surface area contributed by atoms with E-state index in [4.69, 9.17) is 16.9 Å². The van der Waals surface area contributed by atoms with Gasteiger partial charge in [0.05, 0.1) is 11.1 Å². The van der Waals surface area contributed by atoms with Gasteiger partial charge in [-0.25, -0.2) is 4.98 Å². The number of nitrogens with zero attached hydrogens (tertiary/aromatic N) is 2. The summed E-state index contributed by atoms with van der Waals surface area (Å²) in [5.74, 6) is 0. The van der Waals surface area contributed by atoms with E-state index in [0.29, 0.717) is 5.56 Å². The summed E-state index contributed by atoms with van der Waals surface area (Å²) in [4.78, 5) is 4.14. The highest BCUT2D eigenvalue weighted by molar-refractivity contribution is 9.10. The SMILES string of the molecule is N#Cc1cc2cccc(Br)c2nc1Cl. The number of rotatable bonds is 0. The minimum absolute atomic E-state index is 0.243. The number of hydrogen-bond acceptors (Lipinski definition) is 2.